The standard InChI is InChI=1S/C8H6Br2/c9-8(10)6-7-4-2-1-3-5-7/h1-6H. The van der Waals surface area contributed by atoms with Crippen molar-refractivity contribution in [2.45, 2.75) is 0 Å². The molecule has 0 atom stereocenters. The second kappa shape index (κ2) is 3.94. The summed E-state index contributed by atoms with van der Waals surface area (Å²) in [7, 11) is 0. The molecule has 0 fully saturated rings. The first-order valence-electron chi connectivity index (χ1n) is 2.87. The number of hydrogen-bond donors (Lipinski definition) is 0. The highest BCUT2D eigenvalue weighted by molar-refractivity contribution is 9.28. The van der Waals surface area contributed by atoms with Crippen LogP contribution in [0, 0.1) is 0 Å². The Balaban J connectivity index is 2.87. The zero-order valence-corrected chi connectivity index (χ0v) is 8.39. The van der Waals surface area contributed by atoms with Crippen molar-refractivity contribution in [1.29, 1.82) is 0 Å². The molecule has 0 aliphatic carbocycles. The van der Waals surface area contributed by atoms with Crippen LogP contribution in [0.5, 0.6) is 0 Å². The van der Waals surface area contributed by atoms with Crippen LogP contribution in [0.2, 0.25) is 0 Å². The quantitative estimate of drug-likeness (QED) is 0.722. The molecule has 2 heteroatoms. The SMILES string of the molecule is BrC(Br)=Cc1ccccc1. The van der Waals surface area contributed by atoms with Gasteiger partial charge in [-0.2, -0.15) is 0 Å². The van der Waals surface area contributed by atoms with Crippen molar-refractivity contribution in [3.05, 3.63) is 39.3 Å². The van der Waals surface area contributed by atoms with Gasteiger partial charge in [-0.05, 0) is 43.5 Å². The molecule has 0 saturated carbocycles. The molecule has 0 saturated heterocycles. The molecule has 52 valence electrons. The average Bonchev–Trinajstić information content (AvgIpc) is 1.88. The fourth-order valence-corrected chi connectivity index (χ4v) is 1.20. The van der Waals surface area contributed by atoms with Crippen LogP contribution in [-0.2, 0) is 0 Å². The van der Waals surface area contributed by atoms with E-state index in [1.165, 1.54) is 5.56 Å². The third-order valence-electron chi connectivity index (χ3n) is 1.08. The van der Waals surface area contributed by atoms with E-state index in [1.54, 1.807) is 0 Å². The van der Waals surface area contributed by atoms with Gasteiger partial charge in [0.05, 0.1) is 3.39 Å². The lowest BCUT2D eigenvalue weighted by molar-refractivity contribution is 1.66. The van der Waals surface area contributed by atoms with E-state index < -0.39 is 0 Å². The topological polar surface area (TPSA) is 0 Å². The summed E-state index contributed by atoms with van der Waals surface area (Å²) in [4.78, 5) is 0. The average molecular weight is 262 g/mol. The van der Waals surface area contributed by atoms with Crippen molar-refractivity contribution in [1.82, 2.24) is 0 Å². The normalized spacial score (nSPS) is 9.00. The fourth-order valence-electron chi connectivity index (χ4n) is 0.675. The second-order valence-electron chi connectivity index (χ2n) is 1.84. The Morgan fingerprint density at radius 3 is 2.20 bits per heavy atom. The maximum Gasteiger partial charge on any atom is 0.0610 e. The van der Waals surface area contributed by atoms with Crippen LogP contribution >= 0.6 is 31.9 Å². The molecule has 0 aromatic heterocycles. The maximum atomic E-state index is 3.29. The third kappa shape index (κ3) is 2.67. The molecule has 0 amide bonds. The van der Waals surface area contributed by atoms with E-state index in [0.717, 1.165) is 3.39 Å². The summed E-state index contributed by atoms with van der Waals surface area (Å²) >= 11 is 6.58. The Hall–Kier alpha value is -0.0800. The molecule has 0 aliphatic heterocycles. The first-order valence-corrected chi connectivity index (χ1v) is 4.45. The first kappa shape index (κ1) is 8.02. The molecular weight excluding hydrogens is 256 g/mol. The molecule has 0 nitrogen and oxygen atoms in total. The number of halogens is 2. The minimum absolute atomic E-state index is 0.964. The number of hydrogen-bond acceptors (Lipinski definition) is 0. The van der Waals surface area contributed by atoms with Crippen molar-refractivity contribution in [2.24, 2.45) is 0 Å². The number of benzene rings is 1. The van der Waals surface area contributed by atoms with Crippen molar-refractivity contribution < 1.29 is 0 Å². The Kier molecular flexibility index (Phi) is 3.16. The number of rotatable bonds is 1. The van der Waals surface area contributed by atoms with Gasteiger partial charge in [-0.15, -0.1) is 0 Å². The molecule has 0 unspecified atom stereocenters. The molecule has 0 heterocycles. The van der Waals surface area contributed by atoms with Gasteiger partial charge in [0.1, 0.15) is 0 Å². The van der Waals surface area contributed by atoms with Crippen LogP contribution in [0.1, 0.15) is 5.56 Å². The molecule has 10 heavy (non-hydrogen) atoms. The minimum atomic E-state index is 0.964. The highest BCUT2D eigenvalue weighted by atomic mass is 79.9. The summed E-state index contributed by atoms with van der Waals surface area (Å²) < 4.78 is 0.964. The predicted octanol–water partition coefficient (Wildman–Crippen LogP) is 3.77. The summed E-state index contributed by atoms with van der Waals surface area (Å²) in [5.74, 6) is 0. The lowest BCUT2D eigenvalue weighted by Crippen LogP contribution is -1.66. The van der Waals surface area contributed by atoms with Crippen LogP contribution in [-0.4, -0.2) is 0 Å². The maximum absolute atomic E-state index is 3.29. The van der Waals surface area contributed by atoms with Gasteiger partial charge in [0.2, 0.25) is 0 Å². The molecular formula is C8H6Br2. The van der Waals surface area contributed by atoms with E-state index in [9.17, 15) is 0 Å². The van der Waals surface area contributed by atoms with Gasteiger partial charge in [0.25, 0.3) is 0 Å². The third-order valence-corrected chi connectivity index (χ3v) is 1.53. The fraction of sp³-hybridized carbons (Fsp3) is 0. The molecule has 0 radical (unpaired) electrons. The smallest absolute Gasteiger partial charge is 0.0610 e. The van der Waals surface area contributed by atoms with Crippen LogP contribution in [0.3, 0.4) is 0 Å². The Morgan fingerprint density at radius 2 is 1.70 bits per heavy atom. The van der Waals surface area contributed by atoms with Crippen LogP contribution in [0.4, 0.5) is 0 Å². The molecule has 1 aromatic carbocycles. The molecule has 0 spiro atoms. The van der Waals surface area contributed by atoms with E-state index >= 15 is 0 Å². The van der Waals surface area contributed by atoms with Gasteiger partial charge in [-0.1, -0.05) is 30.3 Å². The van der Waals surface area contributed by atoms with Crippen molar-refractivity contribution >= 4 is 37.9 Å². The van der Waals surface area contributed by atoms with Crippen LogP contribution < -0.4 is 0 Å². The summed E-state index contributed by atoms with van der Waals surface area (Å²) in [6, 6.07) is 10.1. The highest BCUT2D eigenvalue weighted by Gasteiger charge is 1.84. The molecule has 1 rings (SSSR count). The molecule has 0 N–H and O–H groups in total. The van der Waals surface area contributed by atoms with Gasteiger partial charge in [-0.25, -0.2) is 0 Å². The summed E-state index contributed by atoms with van der Waals surface area (Å²) in [5, 5.41) is 0. The van der Waals surface area contributed by atoms with Crippen LogP contribution in [0.15, 0.2) is 33.7 Å². The first-order chi connectivity index (χ1) is 4.79. The molecule has 1 aromatic rings. The van der Waals surface area contributed by atoms with Crippen molar-refractivity contribution in [3.63, 3.8) is 0 Å². The Morgan fingerprint density at radius 1 is 1.10 bits per heavy atom. The van der Waals surface area contributed by atoms with Gasteiger partial charge in [-0.3, -0.25) is 0 Å². The Bertz CT molecular complexity index is 222. The predicted molar refractivity (Wildman–Crippen MR) is 52.3 cm³/mol. The zero-order chi connectivity index (χ0) is 7.40. The Labute approximate surface area is 77.2 Å². The zero-order valence-electron chi connectivity index (χ0n) is 5.22. The lowest BCUT2D eigenvalue weighted by atomic mass is 10.2. The molecule has 0 aliphatic rings. The molecule has 0 bridgehead atoms. The van der Waals surface area contributed by atoms with E-state index in [2.05, 4.69) is 31.9 Å². The second-order valence-corrected chi connectivity index (χ2v) is 4.62. The van der Waals surface area contributed by atoms with E-state index in [1.807, 2.05) is 36.4 Å². The van der Waals surface area contributed by atoms with Gasteiger partial charge in [0.15, 0.2) is 0 Å². The van der Waals surface area contributed by atoms with Gasteiger partial charge in [0, 0.05) is 0 Å². The lowest BCUT2D eigenvalue weighted by Gasteiger charge is -1.89. The van der Waals surface area contributed by atoms with Gasteiger partial charge >= 0.3 is 0 Å². The minimum Gasteiger partial charge on any atom is -0.0622 e. The summed E-state index contributed by atoms with van der Waals surface area (Å²) in [6.45, 7) is 0. The highest BCUT2D eigenvalue weighted by Crippen LogP contribution is 2.17. The summed E-state index contributed by atoms with van der Waals surface area (Å²) in [5.41, 5.74) is 1.19. The summed E-state index contributed by atoms with van der Waals surface area (Å²) in [6.07, 6.45) is 2.00. The van der Waals surface area contributed by atoms with E-state index in [4.69, 9.17) is 0 Å². The van der Waals surface area contributed by atoms with Crippen LogP contribution in [0.25, 0.3) is 6.08 Å². The van der Waals surface area contributed by atoms with Gasteiger partial charge < -0.3 is 0 Å². The van der Waals surface area contributed by atoms with Crippen molar-refractivity contribution in [2.75, 3.05) is 0 Å². The monoisotopic (exact) mass is 260 g/mol. The van der Waals surface area contributed by atoms with E-state index in [0.29, 0.717) is 0 Å². The van der Waals surface area contributed by atoms with Crippen molar-refractivity contribution in [3.8, 4) is 0 Å². The largest absolute Gasteiger partial charge is 0.0622 e. The van der Waals surface area contributed by atoms with E-state index in [-0.39, 0.29) is 0 Å².